The molecular formula is C14H11F2NOS. The Labute approximate surface area is 114 Å². The minimum Gasteiger partial charge on any atom is -0.489 e. The van der Waals surface area contributed by atoms with E-state index in [0.717, 1.165) is 0 Å². The first-order valence-corrected chi connectivity index (χ1v) is 5.94. The van der Waals surface area contributed by atoms with Crippen molar-refractivity contribution in [2.24, 2.45) is 5.73 Å². The summed E-state index contributed by atoms with van der Waals surface area (Å²) in [4.78, 5) is -0.0156. The lowest BCUT2D eigenvalue weighted by molar-refractivity contribution is 0.298. The van der Waals surface area contributed by atoms with Crippen molar-refractivity contribution in [1.29, 1.82) is 0 Å². The largest absolute Gasteiger partial charge is 0.489 e. The van der Waals surface area contributed by atoms with E-state index in [1.54, 1.807) is 24.3 Å². The number of nitrogens with two attached hydrogens (primary N) is 1. The average Bonchev–Trinajstić information content (AvgIpc) is 2.37. The minimum atomic E-state index is -0.557. The predicted molar refractivity (Wildman–Crippen MR) is 73.0 cm³/mol. The fourth-order valence-corrected chi connectivity index (χ4v) is 1.73. The Balaban J connectivity index is 2.11. The first-order valence-electron chi connectivity index (χ1n) is 5.53. The molecule has 0 aliphatic rings. The molecule has 0 saturated heterocycles. The summed E-state index contributed by atoms with van der Waals surface area (Å²) in [6, 6.07) is 10.4. The molecule has 2 nitrogen and oxygen atoms in total. The summed E-state index contributed by atoms with van der Waals surface area (Å²) in [7, 11) is 0. The van der Waals surface area contributed by atoms with Gasteiger partial charge in [-0.3, -0.25) is 0 Å². The van der Waals surface area contributed by atoms with Crippen LogP contribution in [0.4, 0.5) is 8.78 Å². The van der Waals surface area contributed by atoms with Gasteiger partial charge in [0.05, 0.1) is 0 Å². The zero-order valence-electron chi connectivity index (χ0n) is 9.90. The van der Waals surface area contributed by atoms with Crippen LogP contribution in [0.25, 0.3) is 0 Å². The van der Waals surface area contributed by atoms with Crippen molar-refractivity contribution in [2.45, 2.75) is 6.61 Å². The normalized spacial score (nSPS) is 10.2. The monoisotopic (exact) mass is 279 g/mol. The molecule has 0 aromatic heterocycles. The average molecular weight is 279 g/mol. The molecule has 0 fully saturated rings. The Kier molecular flexibility index (Phi) is 4.06. The molecule has 0 amide bonds. The zero-order chi connectivity index (χ0) is 13.8. The quantitative estimate of drug-likeness (QED) is 0.873. The molecule has 98 valence electrons. The van der Waals surface area contributed by atoms with Gasteiger partial charge < -0.3 is 10.5 Å². The van der Waals surface area contributed by atoms with Crippen LogP contribution in [-0.2, 0) is 6.61 Å². The Morgan fingerprint density at radius 2 is 1.84 bits per heavy atom. The van der Waals surface area contributed by atoms with E-state index in [4.69, 9.17) is 22.7 Å². The molecule has 0 unspecified atom stereocenters. The van der Waals surface area contributed by atoms with Gasteiger partial charge in [0.1, 0.15) is 29.0 Å². The van der Waals surface area contributed by atoms with E-state index in [1.807, 2.05) is 0 Å². The first-order chi connectivity index (χ1) is 9.08. The molecule has 0 spiro atoms. The van der Waals surface area contributed by atoms with Crippen LogP contribution in [0.1, 0.15) is 11.1 Å². The Morgan fingerprint density at radius 1 is 1.11 bits per heavy atom. The lowest BCUT2D eigenvalue weighted by Gasteiger charge is -2.08. The molecule has 19 heavy (non-hydrogen) atoms. The fourth-order valence-electron chi connectivity index (χ4n) is 1.56. The Bertz CT molecular complexity index is 616. The molecule has 0 heterocycles. The van der Waals surface area contributed by atoms with Gasteiger partial charge in [-0.1, -0.05) is 30.4 Å². The third-order valence-corrected chi connectivity index (χ3v) is 2.78. The number of hydrogen-bond donors (Lipinski definition) is 1. The van der Waals surface area contributed by atoms with Gasteiger partial charge in [0.15, 0.2) is 0 Å². The first kappa shape index (κ1) is 13.4. The predicted octanol–water partition coefficient (Wildman–Crippen LogP) is 3.18. The maximum atomic E-state index is 13.6. The Morgan fingerprint density at radius 3 is 2.47 bits per heavy atom. The second-order valence-electron chi connectivity index (χ2n) is 3.89. The van der Waals surface area contributed by atoms with Gasteiger partial charge in [-0.2, -0.15) is 0 Å². The van der Waals surface area contributed by atoms with Crippen LogP contribution in [0.2, 0.25) is 0 Å². The lowest BCUT2D eigenvalue weighted by Crippen LogP contribution is -2.11. The van der Waals surface area contributed by atoms with Crippen molar-refractivity contribution in [3.63, 3.8) is 0 Å². The third kappa shape index (κ3) is 3.26. The SMILES string of the molecule is NC(=S)c1ccc(OCc2ccccc2F)cc1F. The number of ether oxygens (including phenoxy) is 1. The van der Waals surface area contributed by atoms with Crippen LogP contribution >= 0.6 is 12.2 Å². The molecule has 0 aliphatic heterocycles. The number of hydrogen-bond acceptors (Lipinski definition) is 2. The lowest BCUT2D eigenvalue weighted by atomic mass is 10.2. The summed E-state index contributed by atoms with van der Waals surface area (Å²) >= 11 is 4.70. The van der Waals surface area contributed by atoms with Gasteiger partial charge in [-0.15, -0.1) is 0 Å². The summed E-state index contributed by atoms with van der Waals surface area (Å²) in [5.41, 5.74) is 5.91. The van der Waals surface area contributed by atoms with Crippen molar-refractivity contribution in [3.05, 3.63) is 65.2 Å². The van der Waals surface area contributed by atoms with Gasteiger partial charge in [-0.05, 0) is 18.2 Å². The molecule has 2 rings (SSSR count). The standard InChI is InChI=1S/C14H11F2NOS/c15-12-4-2-1-3-9(12)8-18-10-5-6-11(14(17)19)13(16)7-10/h1-7H,8H2,(H2,17,19). The van der Waals surface area contributed by atoms with Gasteiger partial charge in [0.2, 0.25) is 0 Å². The van der Waals surface area contributed by atoms with Crippen molar-refractivity contribution in [1.82, 2.24) is 0 Å². The van der Waals surface area contributed by atoms with E-state index in [9.17, 15) is 8.78 Å². The van der Waals surface area contributed by atoms with Crippen LogP contribution in [0, 0.1) is 11.6 Å². The highest BCUT2D eigenvalue weighted by molar-refractivity contribution is 7.80. The van der Waals surface area contributed by atoms with Crippen LogP contribution < -0.4 is 10.5 Å². The molecule has 0 bridgehead atoms. The molecule has 0 radical (unpaired) electrons. The van der Waals surface area contributed by atoms with E-state index < -0.39 is 5.82 Å². The number of rotatable bonds is 4. The molecule has 2 N–H and O–H groups in total. The molecule has 0 saturated carbocycles. The zero-order valence-corrected chi connectivity index (χ0v) is 10.7. The second-order valence-corrected chi connectivity index (χ2v) is 4.33. The molecular weight excluding hydrogens is 268 g/mol. The molecule has 5 heteroatoms. The maximum Gasteiger partial charge on any atom is 0.137 e. The summed E-state index contributed by atoms with van der Waals surface area (Å²) < 4.78 is 32.3. The van der Waals surface area contributed by atoms with Crippen LogP contribution in [-0.4, -0.2) is 4.99 Å². The smallest absolute Gasteiger partial charge is 0.137 e. The molecule has 2 aromatic carbocycles. The second kappa shape index (κ2) is 5.75. The summed E-state index contributed by atoms with van der Waals surface area (Å²) in [6.45, 7) is 0.0263. The number of thiocarbonyl (C=S) groups is 1. The minimum absolute atomic E-state index is 0.0156. The van der Waals surface area contributed by atoms with E-state index in [0.29, 0.717) is 11.3 Å². The van der Waals surface area contributed by atoms with Gasteiger partial charge in [-0.25, -0.2) is 8.78 Å². The van der Waals surface area contributed by atoms with Gasteiger partial charge in [0.25, 0.3) is 0 Å². The number of halogens is 2. The van der Waals surface area contributed by atoms with E-state index in [2.05, 4.69) is 0 Å². The van der Waals surface area contributed by atoms with E-state index in [-0.39, 0.29) is 23.0 Å². The topological polar surface area (TPSA) is 35.2 Å². The number of benzene rings is 2. The maximum absolute atomic E-state index is 13.6. The fraction of sp³-hybridized carbons (Fsp3) is 0.0714. The van der Waals surface area contributed by atoms with Crippen LogP contribution in [0.3, 0.4) is 0 Å². The highest BCUT2D eigenvalue weighted by atomic mass is 32.1. The molecule has 0 aliphatic carbocycles. The van der Waals surface area contributed by atoms with Crippen LogP contribution in [0.5, 0.6) is 5.75 Å². The van der Waals surface area contributed by atoms with E-state index >= 15 is 0 Å². The highest BCUT2D eigenvalue weighted by Gasteiger charge is 2.07. The summed E-state index contributed by atoms with van der Waals surface area (Å²) in [5.74, 6) is -0.623. The third-order valence-electron chi connectivity index (χ3n) is 2.56. The highest BCUT2D eigenvalue weighted by Crippen LogP contribution is 2.18. The van der Waals surface area contributed by atoms with Gasteiger partial charge >= 0.3 is 0 Å². The van der Waals surface area contributed by atoms with Gasteiger partial charge in [0, 0.05) is 17.2 Å². The Hall–Kier alpha value is -2.01. The summed E-state index contributed by atoms with van der Waals surface area (Å²) in [6.07, 6.45) is 0. The van der Waals surface area contributed by atoms with Crippen molar-refractivity contribution >= 4 is 17.2 Å². The van der Waals surface area contributed by atoms with Crippen molar-refractivity contribution < 1.29 is 13.5 Å². The van der Waals surface area contributed by atoms with E-state index in [1.165, 1.54) is 18.2 Å². The molecule has 2 aromatic rings. The molecule has 0 atom stereocenters. The van der Waals surface area contributed by atoms with Crippen LogP contribution in [0.15, 0.2) is 42.5 Å². The summed E-state index contributed by atoms with van der Waals surface area (Å²) in [5, 5.41) is 0. The van der Waals surface area contributed by atoms with Crippen molar-refractivity contribution in [3.8, 4) is 5.75 Å². The van der Waals surface area contributed by atoms with Crippen molar-refractivity contribution in [2.75, 3.05) is 0 Å².